The van der Waals surface area contributed by atoms with Gasteiger partial charge in [0.15, 0.2) is 0 Å². The first kappa shape index (κ1) is 22.5. The molecule has 0 saturated carbocycles. The van der Waals surface area contributed by atoms with E-state index >= 15 is 0 Å². The summed E-state index contributed by atoms with van der Waals surface area (Å²) in [7, 11) is -2.31. The highest BCUT2D eigenvalue weighted by Crippen LogP contribution is 2.34. The number of imide groups is 1. The van der Waals surface area contributed by atoms with Crippen LogP contribution in [0.2, 0.25) is 0 Å². The molecule has 2 aromatic rings. The van der Waals surface area contributed by atoms with Gasteiger partial charge in [-0.3, -0.25) is 19.3 Å². The number of hydrogen-bond acceptors (Lipinski definition) is 7. The second kappa shape index (κ2) is 9.33. The lowest BCUT2D eigenvalue weighted by molar-refractivity contribution is -0.123. The number of nitrogens with zero attached hydrogens (tertiary/aromatic N) is 1. The number of anilines is 1. The molecule has 3 rings (SSSR count). The number of ether oxygens (including phenoxy) is 1. The molecule has 9 nitrogen and oxygen atoms in total. The van der Waals surface area contributed by atoms with Crippen LogP contribution in [-0.4, -0.2) is 44.0 Å². The Morgan fingerprint density at radius 1 is 1.16 bits per heavy atom. The lowest BCUT2D eigenvalue weighted by atomic mass is 10.2. The van der Waals surface area contributed by atoms with Gasteiger partial charge in [-0.05, 0) is 48.2 Å². The maximum Gasteiger partial charge on any atom is 0.293 e. The van der Waals surface area contributed by atoms with Crippen molar-refractivity contribution in [2.24, 2.45) is 5.14 Å². The van der Waals surface area contributed by atoms with E-state index in [1.807, 2.05) is 0 Å². The lowest BCUT2D eigenvalue weighted by Crippen LogP contribution is -2.31. The fourth-order valence-electron chi connectivity index (χ4n) is 2.78. The van der Waals surface area contributed by atoms with Gasteiger partial charge < -0.3 is 10.1 Å². The Morgan fingerprint density at radius 3 is 2.48 bits per heavy atom. The molecule has 0 spiro atoms. The molecule has 0 atom stereocenters. The van der Waals surface area contributed by atoms with Crippen molar-refractivity contribution in [1.82, 2.24) is 4.90 Å². The standard InChI is InChI=1S/C20H19N3O6S2/c1-29-16-5-3-2-4-13(16)12-17-19(25)23(20(26)30-17)11-10-18(24)22-14-6-8-15(9-7-14)31(21,27)28/h2-9,12H,10-11H2,1H3,(H,22,24)(H2,21,27,28)/b17-12-. The molecule has 1 aliphatic heterocycles. The van der Waals surface area contributed by atoms with Crippen molar-refractivity contribution in [2.45, 2.75) is 11.3 Å². The van der Waals surface area contributed by atoms with Crippen molar-refractivity contribution in [2.75, 3.05) is 19.0 Å². The molecule has 11 heteroatoms. The molecule has 1 aliphatic rings. The van der Waals surface area contributed by atoms with Gasteiger partial charge in [-0.25, -0.2) is 13.6 Å². The molecule has 3 N–H and O–H groups in total. The average molecular weight is 462 g/mol. The number of amides is 3. The fourth-order valence-corrected chi connectivity index (χ4v) is 4.16. The van der Waals surface area contributed by atoms with Gasteiger partial charge in [-0.2, -0.15) is 0 Å². The Hall–Kier alpha value is -3.15. The zero-order valence-electron chi connectivity index (χ0n) is 16.4. The average Bonchev–Trinajstić information content (AvgIpc) is 2.99. The number of methoxy groups -OCH3 is 1. The number of nitrogens with one attached hydrogen (secondary N) is 1. The first-order valence-electron chi connectivity index (χ1n) is 9.00. The fraction of sp³-hybridized carbons (Fsp3) is 0.150. The Balaban J connectivity index is 1.61. The molecule has 31 heavy (non-hydrogen) atoms. The molecule has 3 amide bonds. The van der Waals surface area contributed by atoms with E-state index in [0.29, 0.717) is 17.0 Å². The SMILES string of the molecule is COc1ccccc1/C=C1\SC(=O)N(CCC(=O)Nc2ccc(S(N)(=O)=O)cc2)C1=O. The van der Waals surface area contributed by atoms with Gasteiger partial charge in [-0.15, -0.1) is 0 Å². The summed E-state index contributed by atoms with van der Waals surface area (Å²) in [5, 5.41) is 7.15. The third kappa shape index (κ3) is 5.51. The van der Waals surface area contributed by atoms with Gasteiger partial charge in [-0.1, -0.05) is 18.2 Å². The molecule has 0 aliphatic carbocycles. The number of carbonyl (C=O) groups is 3. The first-order chi connectivity index (χ1) is 14.7. The zero-order chi connectivity index (χ0) is 22.6. The number of carbonyl (C=O) groups excluding carboxylic acids is 3. The van der Waals surface area contributed by atoms with Gasteiger partial charge in [0.25, 0.3) is 11.1 Å². The smallest absolute Gasteiger partial charge is 0.293 e. The van der Waals surface area contributed by atoms with Gasteiger partial charge in [0.05, 0.1) is 16.9 Å². The Morgan fingerprint density at radius 2 is 1.84 bits per heavy atom. The van der Waals surface area contributed by atoms with Crippen LogP contribution in [0.5, 0.6) is 5.75 Å². The second-order valence-electron chi connectivity index (χ2n) is 6.44. The molecule has 162 valence electrons. The largest absolute Gasteiger partial charge is 0.496 e. The van der Waals surface area contributed by atoms with Crippen molar-refractivity contribution in [1.29, 1.82) is 0 Å². The van der Waals surface area contributed by atoms with Crippen molar-refractivity contribution in [3.05, 3.63) is 59.0 Å². The third-order valence-corrected chi connectivity index (χ3v) is 6.16. The van der Waals surface area contributed by atoms with E-state index in [0.717, 1.165) is 16.7 Å². The number of thioether (sulfide) groups is 1. The minimum Gasteiger partial charge on any atom is -0.496 e. The molecule has 0 bridgehead atoms. The maximum absolute atomic E-state index is 12.6. The Labute approximate surface area is 183 Å². The predicted molar refractivity (Wildman–Crippen MR) is 117 cm³/mol. The summed E-state index contributed by atoms with van der Waals surface area (Å²) in [6.07, 6.45) is 1.47. The van der Waals surface area contributed by atoms with E-state index < -0.39 is 27.1 Å². The summed E-state index contributed by atoms with van der Waals surface area (Å²) in [5.41, 5.74) is 1.03. The molecule has 1 saturated heterocycles. The number of nitrogens with two attached hydrogens (primary N) is 1. The van der Waals surface area contributed by atoms with E-state index in [9.17, 15) is 22.8 Å². The molecular formula is C20H19N3O6S2. The van der Waals surface area contributed by atoms with Gasteiger partial charge >= 0.3 is 0 Å². The molecule has 2 aromatic carbocycles. The molecule has 1 heterocycles. The summed E-state index contributed by atoms with van der Waals surface area (Å²) in [4.78, 5) is 38.2. The minimum absolute atomic E-state index is 0.0786. The highest BCUT2D eigenvalue weighted by Gasteiger charge is 2.35. The monoisotopic (exact) mass is 461 g/mol. The second-order valence-corrected chi connectivity index (χ2v) is 9.00. The zero-order valence-corrected chi connectivity index (χ0v) is 18.0. The highest BCUT2D eigenvalue weighted by atomic mass is 32.2. The first-order valence-corrected chi connectivity index (χ1v) is 11.4. The van der Waals surface area contributed by atoms with Crippen LogP contribution in [0, 0.1) is 0 Å². The predicted octanol–water partition coefficient (Wildman–Crippen LogP) is 2.41. The molecule has 0 radical (unpaired) electrons. The Bertz CT molecular complexity index is 1160. The van der Waals surface area contributed by atoms with Gasteiger partial charge in [0, 0.05) is 24.2 Å². The topological polar surface area (TPSA) is 136 Å². The van der Waals surface area contributed by atoms with E-state index in [1.54, 1.807) is 30.3 Å². The van der Waals surface area contributed by atoms with E-state index in [-0.39, 0.29) is 22.8 Å². The van der Waals surface area contributed by atoms with Crippen molar-refractivity contribution >= 4 is 50.6 Å². The minimum atomic E-state index is -3.82. The number of benzene rings is 2. The highest BCUT2D eigenvalue weighted by molar-refractivity contribution is 8.18. The van der Waals surface area contributed by atoms with E-state index in [4.69, 9.17) is 9.88 Å². The van der Waals surface area contributed by atoms with Crippen LogP contribution < -0.4 is 15.2 Å². The molecule has 1 fully saturated rings. The molecule has 0 unspecified atom stereocenters. The van der Waals surface area contributed by atoms with Crippen LogP contribution >= 0.6 is 11.8 Å². The van der Waals surface area contributed by atoms with Gasteiger partial charge in [0.2, 0.25) is 15.9 Å². The van der Waals surface area contributed by atoms with Crippen LogP contribution in [0.4, 0.5) is 10.5 Å². The summed E-state index contributed by atoms with van der Waals surface area (Å²) in [5.74, 6) is -0.343. The quantitative estimate of drug-likeness (QED) is 0.604. The van der Waals surface area contributed by atoms with Crippen molar-refractivity contribution in [3.63, 3.8) is 0 Å². The van der Waals surface area contributed by atoms with Crippen LogP contribution in [0.1, 0.15) is 12.0 Å². The normalized spacial score (nSPS) is 15.4. The lowest BCUT2D eigenvalue weighted by Gasteiger charge is -2.12. The molecule has 0 aromatic heterocycles. The number of sulfonamides is 1. The van der Waals surface area contributed by atoms with Gasteiger partial charge in [0.1, 0.15) is 5.75 Å². The van der Waals surface area contributed by atoms with Crippen molar-refractivity contribution < 1.29 is 27.5 Å². The third-order valence-electron chi connectivity index (χ3n) is 4.33. The van der Waals surface area contributed by atoms with Crippen molar-refractivity contribution in [3.8, 4) is 5.75 Å². The summed E-state index contributed by atoms with van der Waals surface area (Å²) in [6, 6.07) is 12.4. The van der Waals surface area contributed by atoms with Crippen LogP contribution in [0.25, 0.3) is 6.08 Å². The summed E-state index contributed by atoms with van der Waals surface area (Å²) < 4.78 is 27.8. The van der Waals surface area contributed by atoms with Crippen LogP contribution in [0.3, 0.4) is 0 Å². The molecular weight excluding hydrogens is 442 g/mol. The van der Waals surface area contributed by atoms with Crippen LogP contribution in [-0.2, 0) is 19.6 Å². The number of para-hydroxylation sites is 1. The maximum atomic E-state index is 12.6. The summed E-state index contributed by atoms with van der Waals surface area (Å²) >= 11 is 0.798. The van der Waals surface area contributed by atoms with Crippen LogP contribution in [0.15, 0.2) is 58.3 Å². The van der Waals surface area contributed by atoms with E-state index in [2.05, 4.69) is 5.32 Å². The number of rotatable bonds is 7. The Kier molecular flexibility index (Phi) is 6.78. The van der Waals surface area contributed by atoms with E-state index in [1.165, 1.54) is 31.4 Å². The number of primary sulfonamides is 1. The number of hydrogen-bond donors (Lipinski definition) is 2. The summed E-state index contributed by atoms with van der Waals surface area (Å²) in [6.45, 7) is -0.0883.